The van der Waals surface area contributed by atoms with Gasteiger partial charge in [-0.05, 0) is 56.0 Å². The lowest BCUT2D eigenvalue weighted by Gasteiger charge is -2.27. The largest absolute Gasteiger partial charge is 0.317 e. The molecule has 1 saturated heterocycles. The quantitative estimate of drug-likeness (QED) is 0.763. The Hall–Kier alpha value is -1.15. The Morgan fingerprint density at radius 3 is 2.88 bits per heavy atom. The zero-order valence-corrected chi connectivity index (χ0v) is 9.74. The number of nitrogens with one attached hydrogen (secondary N) is 1. The van der Waals surface area contributed by atoms with Crippen molar-refractivity contribution in [3.63, 3.8) is 0 Å². The molecule has 2 aliphatic rings. The number of benzene rings is 1. The average molecular weight is 214 g/mol. The first kappa shape index (κ1) is 10.0. The van der Waals surface area contributed by atoms with Gasteiger partial charge in [0.2, 0.25) is 0 Å². The van der Waals surface area contributed by atoms with E-state index >= 15 is 0 Å². The number of aryl methyl sites for hydroxylation is 1. The molecule has 2 nitrogen and oxygen atoms in total. The summed E-state index contributed by atoms with van der Waals surface area (Å²) in [6.45, 7) is 4.46. The van der Waals surface area contributed by atoms with Crippen LogP contribution in [0.1, 0.15) is 29.9 Å². The summed E-state index contributed by atoms with van der Waals surface area (Å²) in [6, 6.07) is 6.68. The molecule has 1 aromatic rings. The molecule has 1 aromatic carbocycles. The molecule has 2 aliphatic heterocycles. The summed E-state index contributed by atoms with van der Waals surface area (Å²) in [5.74, 6) is 1.35. The Morgan fingerprint density at radius 2 is 2.06 bits per heavy atom. The minimum atomic E-state index is 0.567. The van der Waals surface area contributed by atoms with Gasteiger partial charge in [-0.3, -0.25) is 4.99 Å². The molecule has 2 heterocycles. The molecule has 2 heteroatoms. The first-order chi connectivity index (χ1) is 7.84. The lowest BCUT2D eigenvalue weighted by Crippen LogP contribution is -2.30. The van der Waals surface area contributed by atoms with Gasteiger partial charge in [0.1, 0.15) is 0 Å². The van der Waals surface area contributed by atoms with E-state index in [1.165, 1.54) is 29.7 Å². The second-order valence-electron chi connectivity index (χ2n) is 4.95. The second-order valence-corrected chi connectivity index (χ2v) is 4.95. The number of aliphatic imine (C=N–C) groups is 1. The third-order valence-corrected chi connectivity index (χ3v) is 3.81. The van der Waals surface area contributed by atoms with Crippen LogP contribution in [0.4, 0.5) is 5.69 Å². The van der Waals surface area contributed by atoms with Gasteiger partial charge < -0.3 is 5.32 Å². The topological polar surface area (TPSA) is 24.4 Å². The van der Waals surface area contributed by atoms with E-state index in [9.17, 15) is 0 Å². The van der Waals surface area contributed by atoms with Crippen LogP contribution in [0.3, 0.4) is 0 Å². The molecule has 1 N–H and O–H groups in total. The normalized spacial score (nSPS) is 24.7. The first-order valence-electron chi connectivity index (χ1n) is 6.20. The van der Waals surface area contributed by atoms with Gasteiger partial charge in [0.25, 0.3) is 0 Å². The summed E-state index contributed by atoms with van der Waals surface area (Å²) < 4.78 is 0. The smallest absolute Gasteiger partial charge is 0.0667 e. The van der Waals surface area contributed by atoms with Gasteiger partial charge in [-0.1, -0.05) is 12.1 Å². The molecule has 0 spiro atoms. The standard InChI is InChI=1S/C14H18N2/c1-10-2-3-12-13(9-16-14(12)8-10)11-4-6-15-7-5-11/h2-3,8-9,11,13,15H,4-7H2,1H3. The van der Waals surface area contributed by atoms with Gasteiger partial charge in [0.05, 0.1) is 5.69 Å². The van der Waals surface area contributed by atoms with Gasteiger partial charge in [-0.2, -0.15) is 0 Å². The fourth-order valence-electron chi connectivity index (χ4n) is 2.87. The molecule has 0 aliphatic carbocycles. The molecule has 1 atom stereocenters. The van der Waals surface area contributed by atoms with Crippen molar-refractivity contribution >= 4 is 11.9 Å². The molecule has 16 heavy (non-hydrogen) atoms. The molecule has 1 fully saturated rings. The molecule has 3 rings (SSSR count). The van der Waals surface area contributed by atoms with Crippen molar-refractivity contribution in [2.24, 2.45) is 10.9 Å². The van der Waals surface area contributed by atoms with Crippen LogP contribution in [0.25, 0.3) is 0 Å². The van der Waals surface area contributed by atoms with Crippen LogP contribution >= 0.6 is 0 Å². The third-order valence-electron chi connectivity index (χ3n) is 3.81. The Balaban J connectivity index is 1.88. The maximum atomic E-state index is 4.57. The average Bonchev–Trinajstić information content (AvgIpc) is 2.73. The Labute approximate surface area is 96.8 Å². The number of hydrogen-bond donors (Lipinski definition) is 1. The van der Waals surface area contributed by atoms with E-state index in [0.717, 1.165) is 19.0 Å². The predicted octanol–water partition coefficient (Wildman–Crippen LogP) is 2.79. The molecule has 0 radical (unpaired) electrons. The SMILES string of the molecule is Cc1ccc2c(c1)N=CC2C1CCNCC1. The van der Waals surface area contributed by atoms with Crippen molar-refractivity contribution in [2.75, 3.05) is 13.1 Å². The van der Waals surface area contributed by atoms with Crippen LogP contribution < -0.4 is 5.32 Å². The highest BCUT2D eigenvalue weighted by molar-refractivity contribution is 5.81. The number of nitrogens with zero attached hydrogens (tertiary/aromatic N) is 1. The summed E-state index contributed by atoms with van der Waals surface area (Å²) in [6.07, 6.45) is 4.73. The summed E-state index contributed by atoms with van der Waals surface area (Å²) in [7, 11) is 0. The summed E-state index contributed by atoms with van der Waals surface area (Å²) in [5, 5.41) is 3.43. The second kappa shape index (κ2) is 4.02. The first-order valence-corrected chi connectivity index (χ1v) is 6.20. The van der Waals surface area contributed by atoms with Crippen molar-refractivity contribution in [2.45, 2.75) is 25.7 Å². The van der Waals surface area contributed by atoms with Crippen molar-refractivity contribution in [1.82, 2.24) is 5.32 Å². The molecule has 1 unspecified atom stereocenters. The van der Waals surface area contributed by atoms with E-state index in [2.05, 4.69) is 41.6 Å². The molecular weight excluding hydrogens is 196 g/mol. The van der Waals surface area contributed by atoms with Crippen LogP contribution in [-0.4, -0.2) is 19.3 Å². The van der Waals surface area contributed by atoms with Crippen LogP contribution in [0, 0.1) is 12.8 Å². The van der Waals surface area contributed by atoms with Gasteiger partial charge in [-0.25, -0.2) is 0 Å². The number of hydrogen-bond acceptors (Lipinski definition) is 2. The minimum absolute atomic E-state index is 0.567. The monoisotopic (exact) mass is 214 g/mol. The molecular formula is C14H18N2. The van der Waals surface area contributed by atoms with Crippen LogP contribution in [-0.2, 0) is 0 Å². The van der Waals surface area contributed by atoms with E-state index in [1.807, 2.05) is 0 Å². The summed E-state index contributed by atoms with van der Waals surface area (Å²) in [5.41, 5.74) is 3.95. The van der Waals surface area contributed by atoms with Gasteiger partial charge in [-0.15, -0.1) is 0 Å². The summed E-state index contributed by atoms with van der Waals surface area (Å²) in [4.78, 5) is 4.57. The zero-order valence-electron chi connectivity index (χ0n) is 9.74. The fraction of sp³-hybridized carbons (Fsp3) is 0.500. The summed E-state index contributed by atoms with van der Waals surface area (Å²) >= 11 is 0. The van der Waals surface area contributed by atoms with E-state index in [0.29, 0.717) is 5.92 Å². The Morgan fingerprint density at radius 1 is 1.25 bits per heavy atom. The number of rotatable bonds is 1. The fourth-order valence-corrected chi connectivity index (χ4v) is 2.87. The van der Waals surface area contributed by atoms with E-state index in [1.54, 1.807) is 0 Å². The highest BCUT2D eigenvalue weighted by atomic mass is 14.9. The van der Waals surface area contributed by atoms with Crippen LogP contribution in [0.2, 0.25) is 0 Å². The Kier molecular flexibility index (Phi) is 2.52. The third kappa shape index (κ3) is 1.67. The molecule has 0 amide bonds. The highest BCUT2D eigenvalue weighted by Gasteiger charge is 2.28. The van der Waals surface area contributed by atoms with Gasteiger partial charge in [0, 0.05) is 12.1 Å². The maximum absolute atomic E-state index is 4.57. The predicted molar refractivity (Wildman–Crippen MR) is 67.7 cm³/mol. The van der Waals surface area contributed by atoms with E-state index in [4.69, 9.17) is 0 Å². The van der Waals surface area contributed by atoms with Crippen LogP contribution in [0.15, 0.2) is 23.2 Å². The van der Waals surface area contributed by atoms with Crippen molar-refractivity contribution in [3.05, 3.63) is 29.3 Å². The number of fused-ring (bicyclic) bond motifs is 1. The minimum Gasteiger partial charge on any atom is -0.317 e. The number of piperidine rings is 1. The molecule has 0 aromatic heterocycles. The highest BCUT2D eigenvalue weighted by Crippen LogP contribution is 2.39. The van der Waals surface area contributed by atoms with E-state index < -0.39 is 0 Å². The maximum Gasteiger partial charge on any atom is 0.0667 e. The van der Waals surface area contributed by atoms with Crippen LogP contribution in [0.5, 0.6) is 0 Å². The lowest BCUT2D eigenvalue weighted by atomic mass is 9.81. The molecule has 84 valence electrons. The van der Waals surface area contributed by atoms with Crippen molar-refractivity contribution < 1.29 is 0 Å². The van der Waals surface area contributed by atoms with Gasteiger partial charge in [0.15, 0.2) is 0 Å². The Bertz CT molecular complexity index is 417. The lowest BCUT2D eigenvalue weighted by molar-refractivity contribution is 0.361. The molecule has 0 bridgehead atoms. The van der Waals surface area contributed by atoms with Gasteiger partial charge >= 0.3 is 0 Å². The van der Waals surface area contributed by atoms with Crippen molar-refractivity contribution in [1.29, 1.82) is 0 Å². The van der Waals surface area contributed by atoms with Crippen molar-refractivity contribution in [3.8, 4) is 0 Å². The molecule has 0 saturated carbocycles. The zero-order chi connectivity index (χ0) is 11.0. The van der Waals surface area contributed by atoms with E-state index in [-0.39, 0.29) is 0 Å².